The van der Waals surface area contributed by atoms with Crippen LogP contribution in [0.4, 0.5) is 0 Å². The van der Waals surface area contributed by atoms with Crippen LogP contribution in [0.3, 0.4) is 0 Å². The van der Waals surface area contributed by atoms with Gasteiger partial charge in [0.25, 0.3) is 5.91 Å². The summed E-state index contributed by atoms with van der Waals surface area (Å²) in [5.41, 5.74) is 1.41. The third-order valence-electron chi connectivity index (χ3n) is 4.56. The molecule has 2 aromatic heterocycles. The van der Waals surface area contributed by atoms with Gasteiger partial charge in [0.2, 0.25) is 11.8 Å². The molecule has 0 bridgehead atoms. The Labute approximate surface area is 152 Å². The van der Waals surface area contributed by atoms with Crippen molar-refractivity contribution < 1.29 is 14.3 Å². The van der Waals surface area contributed by atoms with E-state index in [-0.39, 0.29) is 23.8 Å². The summed E-state index contributed by atoms with van der Waals surface area (Å²) in [5.74, 6) is 0.128. The minimum atomic E-state index is -0.253. The number of nitrogens with zero attached hydrogens (tertiary/aromatic N) is 3. The van der Waals surface area contributed by atoms with Gasteiger partial charge in [-0.05, 0) is 36.8 Å². The van der Waals surface area contributed by atoms with Gasteiger partial charge in [-0.3, -0.25) is 14.6 Å². The Balaban J connectivity index is 1.72. The van der Waals surface area contributed by atoms with Gasteiger partial charge in [-0.25, -0.2) is 4.98 Å². The monoisotopic (exact) mass is 354 g/mol. The van der Waals surface area contributed by atoms with Gasteiger partial charge in [0.1, 0.15) is 5.56 Å². The molecule has 2 aromatic rings. The number of hydrogen-bond acceptors (Lipinski definition) is 5. The topological polar surface area (TPSA) is 84.4 Å². The van der Waals surface area contributed by atoms with Gasteiger partial charge in [-0.2, -0.15) is 0 Å². The first-order valence-electron chi connectivity index (χ1n) is 8.63. The summed E-state index contributed by atoms with van der Waals surface area (Å²) in [6.45, 7) is 2.67. The molecule has 0 spiro atoms. The first-order chi connectivity index (χ1) is 12.6. The summed E-state index contributed by atoms with van der Waals surface area (Å²) in [4.78, 5) is 34.6. The van der Waals surface area contributed by atoms with Crippen LogP contribution in [-0.4, -0.2) is 46.9 Å². The van der Waals surface area contributed by atoms with Crippen LogP contribution in [-0.2, 0) is 4.79 Å². The van der Waals surface area contributed by atoms with Crippen LogP contribution in [0.25, 0.3) is 0 Å². The van der Waals surface area contributed by atoms with Gasteiger partial charge in [0, 0.05) is 44.5 Å². The van der Waals surface area contributed by atoms with E-state index >= 15 is 0 Å². The summed E-state index contributed by atoms with van der Waals surface area (Å²) in [5, 5.41) is 2.93. The van der Waals surface area contributed by atoms with Crippen LogP contribution < -0.4 is 10.1 Å². The maximum Gasteiger partial charge on any atom is 0.256 e. The number of pyridine rings is 2. The van der Waals surface area contributed by atoms with Crippen molar-refractivity contribution in [2.75, 3.05) is 20.2 Å². The number of carbonyl (C=O) groups excluding carboxylic acids is 2. The summed E-state index contributed by atoms with van der Waals surface area (Å²) in [7, 11) is 1.80. The van der Waals surface area contributed by atoms with Gasteiger partial charge in [0.05, 0.1) is 12.6 Å². The van der Waals surface area contributed by atoms with Crippen LogP contribution in [0.2, 0.25) is 0 Å². The number of ether oxygens (including phenoxy) is 1. The highest BCUT2D eigenvalue weighted by molar-refractivity contribution is 5.96. The molecule has 136 valence electrons. The van der Waals surface area contributed by atoms with Crippen molar-refractivity contribution in [1.29, 1.82) is 0 Å². The highest BCUT2D eigenvalue weighted by atomic mass is 16.5. The normalized spacial score (nSPS) is 19.5. The number of aromatic nitrogens is 2. The summed E-state index contributed by atoms with van der Waals surface area (Å²) in [6.07, 6.45) is 5.41. The molecular formula is C19H22N4O3. The lowest BCUT2D eigenvalue weighted by molar-refractivity contribution is -0.127. The van der Waals surface area contributed by atoms with E-state index in [0.29, 0.717) is 31.0 Å². The third-order valence-corrected chi connectivity index (χ3v) is 4.56. The predicted octanol–water partition coefficient (Wildman–Crippen LogP) is 1.82. The number of amides is 2. The van der Waals surface area contributed by atoms with E-state index in [1.54, 1.807) is 42.7 Å². The maximum atomic E-state index is 12.6. The molecule has 0 radical (unpaired) electrons. The van der Waals surface area contributed by atoms with Gasteiger partial charge < -0.3 is 15.0 Å². The second-order valence-electron chi connectivity index (χ2n) is 6.19. The lowest BCUT2D eigenvalue weighted by Gasteiger charge is -2.25. The first-order valence-corrected chi connectivity index (χ1v) is 8.63. The SMILES string of the molecule is CCOc1ncccc1C(=O)NC[C@@H]1CC(=O)N(C)[C@H]1c1ccncc1. The molecule has 1 fully saturated rings. The second-order valence-corrected chi connectivity index (χ2v) is 6.19. The van der Waals surface area contributed by atoms with Crippen LogP contribution in [0, 0.1) is 5.92 Å². The fourth-order valence-corrected chi connectivity index (χ4v) is 3.33. The third kappa shape index (κ3) is 3.66. The molecular weight excluding hydrogens is 332 g/mol. The largest absolute Gasteiger partial charge is 0.477 e. The van der Waals surface area contributed by atoms with Crippen LogP contribution in [0.15, 0.2) is 42.9 Å². The number of likely N-dealkylation sites (tertiary alicyclic amines) is 1. The van der Waals surface area contributed by atoms with Gasteiger partial charge >= 0.3 is 0 Å². The number of nitrogens with one attached hydrogen (secondary N) is 1. The van der Waals surface area contributed by atoms with Crippen molar-refractivity contribution >= 4 is 11.8 Å². The van der Waals surface area contributed by atoms with E-state index in [4.69, 9.17) is 4.74 Å². The zero-order valence-electron chi connectivity index (χ0n) is 14.9. The van der Waals surface area contributed by atoms with E-state index in [1.807, 2.05) is 19.1 Å². The number of carbonyl (C=O) groups is 2. The summed E-state index contributed by atoms with van der Waals surface area (Å²) < 4.78 is 5.41. The molecule has 1 saturated heterocycles. The van der Waals surface area contributed by atoms with E-state index in [2.05, 4.69) is 15.3 Å². The smallest absolute Gasteiger partial charge is 0.256 e. The molecule has 1 aliphatic heterocycles. The van der Waals surface area contributed by atoms with Crippen molar-refractivity contribution in [3.63, 3.8) is 0 Å². The summed E-state index contributed by atoms with van der Waals surface area (Å²) in [6, 6.07) is 7.11. The molecule has 0 unspecified atom stereocenters. The fraction of sp³-hybridized carbons (Fsp3) is 0.368. The fourth-order valence-electron chi connectivity index (χ4n) is 3.33. The molecule has 2 atom stereocenters. The Kier molecular flexibility index (Phi) is 5.46. The number of hydrogen-bond donors (Lipinski definition) is 1. The average molecular weight is 354 g/mol. The lowest BCUT2D eigenvalue weighted by Crippen LogP contribution is -2.33. The van der Waals surface area contributed by atoms with E-state index < -0.39 is 0 Å². The molecule has 26 heavy (non-hydrogen) atoms. The van der Waals surface area contributed by atoms with Crippen molar-refractivity contribution in [3.05, 3.63) is 54.0 Å². The van der Waals surface area contributed by atoms with Gasteiger partial charge in [-0.15, -0.1) is 0 Å². The minimum absolute atomic E-state index is 0.00827. The number of rotatable bonds is 6. The Morgan fingerprint density at radius 1 is 1.31 bits per heavy atom. The zero-order chi connectivity index (χ0) is 18.5. The maximum absolute atomic E-state index is 12.6. The molecule has 1 aliphatic rings. The highest BCUT2D eigenvalue weighted by Crippen LogP contribution is 2.36. The van der Waals surface area contributed by atoms with Crippen LogP contribution in [0.1, 0.15) is 35.3 Å². The Bertz CT molecular complexity index is 781. The van der Waals surface area contributed by atoms with Crippen LogP contribution in [0.5, 0.6) is 5.88 Å². The van der Waals surface area contributed by atoms with Crippen LogP contribution >= 0.6 is 0 Å². The molecule has 3 rings (SSSR count). The average Bonchev–Trinajstić information content (AvgIpc) is 2.95. The van der Waals surface area contributed by atoms with Crippen molar-refractivity contribution in [2.45, 2.75) is 19.4 Å². The Hall–Kier alpha value is -2.96. The van der Waals surface area contributed by atoms with Gasteiger partial charge in [0.15, 0.2) is 0 Å². The van der Waals surface area contributed by atoms with Gasteiger partial charge in [-0.1, -0.05) is 0 Å². The van der Waals surface area contributed by atoms with E-state index in [9.17, 15) is 9.59 Å². The zero-order valence-corrected chi connectivity index (χ0v) is 14.9. The quantitative estimate of drug-likeness (QED) is 0.855. The predicted molar refractivity (Wildman–Crippen MR) is 95.6 cm³/mol. The molecule has 3 heterocycles. The first kappa shape index (κ1) is 17.8. The molecule has 7 nitrogen and oxygen atoms in total. The molecule has 1 N–H and O–H groups in total. The highest BCUT2D eigenvalue weighted by Gasteiger charge is 2.38. The molecule has 7 heteroatoms. The van der Waals surface area contributed by atoms with Crippen molar-refractivity contribution in [3.8, 4) is 5.88 Å². The molecule has 0 aromatic carbocycles. The Morgan fingerprint density at radius 2 is 2.08 bits per heavy atom. The van der Waals surface area contributed by atoms with E-state index in [0.717, 1.165) is 5.56 Å². The minimum Gasteiger partial charge on any atom is -0.477 e. The molecule has 0 aliphatic carbocycles. The standard InChI is InChI=1S/C19H22N4O3/c1-3-26-19-15(5-4-8-21-19)18(25)22-12-14-11-16(24)23(2)17(14)13-6-9-20-10-7-13/h4-10,14,17H,3,11-12H2,1-2H3,(H,22,25)/t14-,17-/m0/s1. The Morgan fingerprint density at radius 3 is 2.81 bits per heavy atom. The summed E-state index contributed by atoms with van der Waals surface area (Å²) >= 11 is 0. The van der Waals surface area contributed by atoms with E-state index in [1.165, 1.54) is 0 Å². The lowest BCUT2D eigenvalue weighted by atomic mass is 9.94. The van der Waals surface area contributed by atoms with Crippen molar-refractivity contribution in [1.82, 2.24) is 20.2 Å². The van der Waals surface area contributed by atoms with Crippen molar-refractivity contribution in [2.24, 2.45) is 5.92 Å². The molecule has 2 amide bonds. The second kappa shape index (κ2) is 7.95. The molecule has 0 saturated carbocycles.